The molecule has 36 heavy (non-hydrogen) atoms. The molecule has 0 aliphatic carbocycles. The van der Waals surface area contributed by atoms with E-state index in [-0.39, 0.29) is 29.7 Å². The fourth-order valence-electron chi connectivity index (χ4n) is 5.59. The Labute approximate surface area is 211 Å². The van der Waals surface area contributed by atoms with Crippen molar-refractivity contribution in [2.75, 3.05) is 6.54 Å². The summed E-state index contributed by atoms with van der Waals surface area (Å²) in [6.07, 6.45) is 3.02. The molecule has 3 amide bonds. The topological polar surface area (TPSA) is 94.3 Å². The number of nitrogens with one attached hydrogen (secondary N) is 3. The van der Waals surface area contributed by atoms with Gasteiger partial charge in [0.2, 0.25) is 11.8 Å². The lowest BCUT2D eigenvalue weighted by Crippen LogP contribution is -2.58. The highest BCUT2D eigenvalue weighted by Gasteiger charge is 2.49. The highest BCUT2D eigenvalue weighted by molar-refractivity contribution is 6.04. The zero-order chi connectivity index (χ0) is 25.4. The van der Waals surface area contributed by atoms with Crippen molar-refractivity contribution in [3.05, 3.63) is 70.9 Å². The first kappa shape index (κ1) is 24.1. The first-order valence-corrected chi connectivity index (χ1v) is 13.0. The number of carbonyl (C=O) groups excluding carboxylic acids is 3. The van der Waals surface area contributed by atoms with Gasteiger partial charge in [0, 0.05) is 35.1 Å². The predicted molar refractivity (Wildman–Crippen MR) is 140 cm³/mol. The Balaban J connectivity index is 1.52. The number of aromatic nitrogens is 1. The van der Waals surface area contributed by atoms with Crippen LogP contribution >= 0.6 is 0 Å². The molecule has 7 nitrogen and oxygen atoms in total. The quantitative estimate of drug-likeness (QED) is 0.419. The van der Waals surface area contributed by atoms with Crippen molar-refractivity contribution in [3.8, 4) is 0 Å². The molecule has 0 spiro atoms. The molecule has 1 aromatic heterocycles. The minimum atomic E-state index is -0.711. The summed E-state index contributed by atoms with van der Waals surface area (Å²) < 4.78 is 0. The summed E-state index contributed by atoms with van der Waals surface area (Å²) in [7, 11) is 0. The summed E-state index contributed by atoms with van der Waals surface area (Å²) in [6, 6.07) is 13.9. The number of carbonyl (C=O) groups is 3. The van der Waals surface area contributed by atoms with Crippen LogP contribution in [0.4, 0.5) is 0 Å². The summed E-state index contributed by atoms with van der Waals surface area (Å²) in [5.74, 6) is -0.631. The second kappa shape index (κ2) is 9.80. The molecule has 3 heterocycles. The average molecular weight is 487 g/mol. The maximum absolute atomic E-state index is 13.9. The van der Waals surface area contributed by atoms with E-state index in [9.17, 15) is 14.4 Å². The van der Waals surface area contributed by atoms with E-state index in [1.165, 1.54) is 0 Å². The SMILES string of the molecule is CCCCNC(=O)[C@H](NC(=O)[C@@H]1Cc2c([nH]c3ccccc23)[C@@H]2c3ccccc3C(=O)N21)[C@@H](C)CC. The lowest BCUT2D eigenvalue weighted by molar-refractivity contribution is -0.133. The number of fused-ring (bicyclic) bond motifs is 7. The molecular weight excluding hydrogens is 452 g/mol. The standard InChI is InChI=1S/C29H34N4O3/c1-4-6-15-30-28(35)24(17(3)5-2)32-27(34)23-16-21-18-11-9-10-14-22(18)31-25(21)26-19-12-7-8-13-20(19)29(36)33(23)26/h7-14,17,23-24,26,31H,4-6,15-16H2,1-3H3,(H,30,35)(H,32,34)/t17-,23-,24+,26-/m0/s1. The molecule has 2 aliphatic rings. The Kier molecular flexibility index (Phi) is 6.56. The third-order valence-electron chi connectivity index (χ3n) is 7.78. The molecule has 0 saturated heterocycles. The molecule has 2 aromatic carbocycles. The van der Waals surface area contributed by atoms with Crippen LogP contribution in [0.15, 0.2) is 48.5 Å². The monoisotopic (exact) mass is 486 g/mol. The van der Waals surface area contributed by atoms with E-state index >= 15 is 0 Å². The van der Waals surface area contributed by atoms with Gasteiger partial charge in [-0.2, -0.15) is 0 Å². The van der Waals surface area contributed by atoms with E-state index in [4.69, 9.17) is 0 Å². The number of aromatic amines is 1. The molecule has 0 fully saturated rings. The van der Waals surface area contributed by atoms with E-state index in [1.54, 1.807) is 4.90 Å². The van der Waals surface area contributed by atoms with Crippen molar-refractivity contribution >= 4 is 28.6 Å². The number of benzene rings is 2. The van der Waals surface area contributed by atoms with Crippen LogP contribution in [-0.2, 0) is 16.0 Å². The average Bonchev–Trinajstić information content (AvgIpc) is 3.42. The van der Waals surface area contributed by atoms with E-state index in [1.807, 2.05) is 56.3 Å². The smallest absolute Gasteiger partial charge is 0.255 e. The summed E-state index contributed by atoms with van der Waals surface area (Å²) in [5, 5.41) is 7.08. The Morgan fingerprint density at radius 1 is 1.11 bits per heavy atom. The Morgan fingerprint density at radius 3 is 2.64 bits per heavy atom. The summed E-state index contributed by atoms with van der Waals surface area (Å²) in [5.41, 5.74) is 4.55. The zero-order valence-electron chi connectivity index (χ0n) is 21.1. The van der Waals surface area contributed by atoms with Crippen LogP contribution < -0.4 is 10.6 Å². The fourth-order valence-corrected chi connectivity index (χ4v) is 5.59. The maximum atomic E-state index is 13.9. The van der Waals surface area contributed by atoms with E-state index in [2.05, 4.69) is 28.6 Å². The summed E-state index contributed by atoms with van der Waals surface area (Å²) in [6.45, 7) is 6.65. The summed E-state index contributed by atoms with van der Waals surface area (Å²) >= 11 is 0. The minimum absolute atomic E-state index is 0.0370. The van der Waals surface area contributed by atoms with Crippen molar-refractivity contribution in [2.45, 2.75) is 64.6 Å². The second-order valence-electron chi connectivity index (χ2n) is 10.0. The molecule has 2 aliphatic heterocycles. The minimum Gasteiger partial charge on any atom is -0.356 e. The van der Waals surface area contributed by atoms with E-state index < -0.39 is 12.1 Å². The lowest BCUT2D eigenvalue weighted by atomic mass is 9.89. The molecule has 7 heteroatoms. The number of hydrogen-bond donors (Lipinski definition) is 3. The number of unbranched alkanes of at least 4 members (excludes halogenated alkanes) is 1. The maximum Gasteiger partial charge on any atom is 0.255 e. The number of rotatable bonds is 8. The lowest BCUT2D eigenvalue weighted by Gasteiger charge is -2.38. The van der Waals surface area contributed by atoms with Gasteiger partial charge in [0.1, 0.15) is 12.1 Å². The van der Waals surface area contributed by atoms with Crippen molar-refractivity contribution < 1.29 is 14.4 Å². The van der Waals surface area contributed by atoms with Crippen LogP contribution in [0.1, 0.15) is 73.3 Å². The van der Waals surface area contributed by atoms with E-state index in [0.29, 0.717) is 18.5 Å². The predicted octanol–water partition coefficient (Wildman–Crippen LogP) is 4.09. The van der Waals surface area contributed by atoms with Gasteiger partial charge in [-0.3, -0.25) is 14.4 Å². The van der Waals surface area contributed by atoms with Crippen molar-refractivity contribution in [3.63, 3.8) is 0 Å². The number of H-pyrrole nitrogens is 1. The molecule has 188 valence electrons. The van der Waals surface area contributed by atoms with E-state index in [0.717, 1.165) is 47.0 Å². The third-order valence-corrected chi connectivity index (χ3v) is 7.78. The number of nitrogens with zero attached hydrogens (tertiary/aromatic N) is 1. The van der Waals surface area contributed by atoms with Crippen molar-refractivity contribution in [1.82, 2.24) is 20.5 Å². The normalized spacial score (nSPS) is 19.9. The first-order chi connectivity index (χ1) is 17.5. The number of hydrogen-bond acceptors (Lipinski definition) is 3. The van der Waals surface area contributed by atoms with Crippen LogP contribution in [0.25, 0.3) is 10.9 Å². The van der Waals surface area contributed by atoms with Gasteiger partial charge >= 0.3 is 0 Å². The highest BCUT2D eigenvalue weighted by atomic mass is 16.2. The summed E-state index contributed by atoms with van der Waals surface area (Å²) in [4.78, 5) is 45.8. The molecule has 3 aromatic rings. The van der Waals surface area contributed by atoms with Gasteiger partial charge in [-0.15, -0.1) is 0 Å². The molecule has 0 radical (unpaired) electrons. The van der Waals surface area contributed by atoms with Gasteiger partial charge in [0.15, 0.2) is 0 Å². The van der Waals surface area contributed by atoms with Gasteiger partial charge < -0.3 is 20.5 Å². The van der Waals surface area contributed by atoms with Crippen LogP contribution in [0.3, 0.4) is 0 Å². The Morgan fingerprint density at radius 2 is 1.86 bits per heavy atom. The van der Waals surface area contributed by atoms with Crippen LogP contribution in [-0.4, -0.2) is 46.2 Å². The first-order valence-electron chi connectivity index (χ1n) is 13.0. The largest absolute Gasteiger partial charge is 0.356 e. The molecule has 5 rings (SSSR count). The zero-order valence-corrected chi connectivity index (χ0v) is 21.1. The molecule has 0 bridgehead atoms. The fraction of sp³-hybridized carbons (Fsp3) is 0.414. The Bertz CT molecular complexity index is 1310. The van der Waals surface area contributed by atoms with Crippen LogP contribution in [0.5, 0.6) is 0 Å². The van der Waals surface area contributed by atoms with Gasteiger partial charge in [-0.25, -0.2) is 0 Å². The Hall–Kier alpha value is -3.61. The molecule has 4 atom stereocenters. The van der Waals surface area contributed by atoms with Crippen LogP contribution in [0, 0.1) is 5.92 Å². The highest BCUT2D eigenvalue weighted by Crippen LogP contribution is 2.46. The molecule has 3 N–H and O–H groups in total. The third kappa shape index (κ3) is 3.96. The van der Waals surface area contributed by atoms with Gasteiger partial charge in [0.05, 0.1) is 6.04 Å². The molecule has 0 saturated carbocycles. The second-order valence-corrected chi connectivity index (χ2v) is 10.0. The molecular formula is C29H34N4O3. The van der Waals surface area contributed by atoms with Gasteiger partial charge in [0.25, 0.3) is 5.91 Å². The number of para-hydroxylation sites is 1. The van der Waals surface area contributed by atoms with Crippen molar-refractivity contribution in [1.29, 1.82) is 0 Å². The molecule has 0 unspecified atom stereocenters. The number of amides is 3. The van der Waals surface area contributed by atoms with Crippen molar-refractivity contribution in [2.24, 2.45) is 5.92 Å². The van der Waals surface area contributed by atoms with Gasteiger partial charge in [-0.05, 0) is 35.6 Å². The van der Waals surface area contributed by atoms with Crippen LogP contribution in [0.2, 0.25) is 0 Å². The van der Waals surface area contributed by atoms with Gasteiger partial charge in [-0.1, -0.05) is 70.0 Å².